The third-order valence-corrected chi connectivity index (χ3v) is 5.95. The van der Waals surface area contributed by atoms with Gasteiger partial charge < -0.3 is 5.32 Å². The van der Waals surface area contributed by atoms with Gasteiger partial charge in [-0.1, -0.05) is 50.2 Å². The van der Waals surface area contributed by atoms with E-state index in [4.69, 9.17) is 0 Å². The number of amides is 1. The molecule has 31 heavy (non-hydrogen) atoms. The van der Waals surface area contributed by atoms with Gasteiger partial charge in [-0.2, -0.15) is 13.2 Å². The first-order valence-electron chi connectivity index (χ1n) is 9.77. The molecule has 5 nitrogen and oxygen atoms in total. The van der Waals surface area contributed by atoms with Gasteiger partial charge in [0.05, 0.1) is 10.9 Å². The Morgan fingerprint density at radius 2 is 1.45 bits per heavy atom. The van der Waals surface area contributed by atoms with Gasteiger partial charge in [0, 0.05) is 13.3 Å². The monoisotopic (exact) mass is 456 g/mol. The Morgan fingerprint density at radius 3 is 1.84 bits per heavy atom. The molecule has 2 N–H and O–H groups in total. The van der Waals surface area contributed by atoms with E-state index < -0.39 is 34.0 Å². The zero-order valence-electron chi connectivity index (χ0n) is 17.8. The minimum absolute atomic E-state index is 0.0123. The molecule has 0 saturated carbocycles. The fraction of sp³-hybridized carbons (Fsp3) is 0.409. The van der Waals surface area contributed by atoms with E-state index in [1.165, 1.54) is 31.3 Å². The van der Waals surface area contributed by atoms with Gasteiger partial charge in [-0.3, -0.25) is 10.1 Å². The first-order chi connectivity index (χ1) is 14.3. The van der Waals surface area contributed by atoms with E-state index in [0.717, 1.165) is 6.26 Å². The molecule has 0 aromatic heterocycles. The second-order valence-corrected chi connectivity index (χ2v) is 9.87. The van der Waals surface area contributed by atoms with Crippen LogP contribution in [0.4, 0.5) is 13.2 Å². The fourth-order valence-electron chi connectivity index (χ4n) is 3.24. The first-order valence-corrected chi connectivity index (χ1v) is 11.7. The third kappa shape index (κ3) is 6.80. The zero-order chi connectivity index (χ0) is 23.4. The predicted molar refractivity (Wildman–Crippen MR) is 114 cm³/mol. The molecule has 2 aromatic carbocycles. The summed E-state index contributed by atoms with van der Waals surface area (Å²) in [5, 5.41) is 4.88. The quantitative estimate of drug-likeness (QED) is 0.627. The summed E-state index contributed by atoms with van der Waals surface area (Å²) in [6.45, 7) is 3.67. The van der Waals surface area contributed by atoms with Crippen molar-refractivity contribution in [1.29, 1.82) is 0 Å². The number of hydrogen-bond acceptors (Lipinski definition) is 4. The molecule has 2 aromatic rings. The van der Waals surface area contributed by atoms with Crippen molar-refractivity contribution in [2.45, 2.75) is 43.4 Å². The normalized spacial score (nSPS) is 14.3. The maximum Gasteiger partial charge on any atom is 0.407 e. The van der Waals surface area contributed by atoms with E-state index in [2.05, 4.69) is 10.6 Å². The number of carbonyl (C=O) groups is 1. The second kappa shape index (κ2) is 9.82. The van der Waals surface area contributed by atoms with Crippen LogP contribution in [-0.4, -0.2) is 39.8 Å². The molecule has 0 saturated heterocycles. The molecule has 0 heterocycles. The van der Waals surface area contributed by atoms with Crippen molar-refractivity contribution in [2.24, 2.45) is 5.92 Å². The van der Waals surface area contributed by atoms with Gasteiger partial charge >= 0.3 is 6.18 Å². The maximum absolute atomic E-state index is 13.8. The van der Waals surface area contributed by atoms with Gasteiger partial charge in [0.25, 0.3) is 0 Å². The zero-order valence-corrected chi connectivity index (χ0v) is 18.6. The summed E-state index contributed by atoms with van der Waals surface area (Å²) < 4.78 is 64.6. The number of hydrogen-bond donors (Lipinski definition) is 2. The van der Waals surface area contributed by atoms with Crippen LogP contribution in [-0.2, 0) is 14.6 Å². The smallest absolute Gasteiger partial charge is 0.358 e. The molecule has 2 atom stereocenters. The Morgan fingerprint density at radius 1 is 0.968 bits per heavy atom. The number of alkyl halides is 3. The topological polar surface area (TPSA) is 75.3 Å². The van der Waals surface area contributed by atoms with E-state index in [-0.39, 0.29) is 22.8 Å². The summed E-state index contributed by atoms with van der Waals surface area (Å²) in [7, 11) is -1.94. The molecule has 0 spiro atoms. The number of nitrogens with one attached hydrogen (secondary N) is 2. The number of sulfone groups is 1. The van der Waals surface area contributed by atoms with Crippen molar-refractivity contribution in [1.82, 2.24) is 10.6 Å². The van der Waals surface area contributed by atoms with Gasteiger partial charge in [0.1, 0.15) is 6.04 Å². The van der Waals surface area contributed by atoms with Crippen molar-refractivity contribution in [3.05, 3.63) is 54.1 Å². The van der Waals surface area contributed by atoms with Gasteiger partial charge in [-0.15, -0.1) is 0 Å². The van der Waals surface area contributed by atoms with Crippen LogP contribution >= 0.6 is 0 Å². The summed E-state index contributed by atoms with van der Waals surface area (Å²) in [6.07, 6.45) is -3.23. The summed E-state index contributed by atoms with van der Waals surface area (Å²) in [5.74, 6) is -0.466. The lowest BCUT2D eigenvalue weighted by atomic mass is 9.97. The highest BCUT2D eigenvalue weighted by molar-refractivity contribution is 7.90. The number of carbonyl (C=O) groups excluding carboxylic acids is 1. The van der Waals surface area contributed by atoms with Crippen LogP contribution < -0.4 is 10.6 Å². The lowest BCUT2D eigenvalue weighted by Crippen LogP contribution is -2.48. The van der Waals surface area contributed by atoms with Crippen molar-refractivity contribution in [3.8, 4) is 11.1 Å². The maximum atomic E-state index is 13.8. The van der Waals surface area contributed by atoms with Gasteiger partial charge in [-0.05, 0) is 41.2 Å². The third-order valence-electron chi connectivity index (χ3n) is 4.82. The summed E-state index contributed by atoms with van der Waals surface area (Å²) in [4.78, 5) is 12.3. The largest absolute Gasteiger partial charge is 0.407 e. The van der Waals surface area contributed by atoms with Crippen LogP contribution in [0.15, 0.2) is 53.4 Å². The van der Waals surface area contributed by atoms with E-state index in [0.29, 0.717) is 11.1 Å². The van der Waals surface area contributed by atoms with Crippen molar-refractivity contribution in [3.63, 3.8) is 0 Å². The highest BCUT2D eigenvalue weighted by Crippen LogP contribution is 2.34. The molecule has 0 fully saturated rings. The molecule has 0 radical (unpaired) electrons. The molecule has 1 unspecified atom stereocenters. The second-order valence-electron chi connectivity index (χ2n) is 7.86. The van der Waals surface area contributed by atoms with Crippen LogP contribution in [0.5, 0.6) is 0 Å². The highest BCUT2D eigenvalue weighted by atomic mass is 32.2. The number of likely N-dealkylation sites (N-methyl/N-ethyl adjacent to an activating group) is 1. The highest BCUT2D eigenvalue weighted by Gasteiger charge is 2.42. The molecule has 0 aliphatic carbocycles. The van der Waals surface area contributed by atoms with Crippen molar-refractivity contribution >= 4 is 15.7 Å². The molecular weight excluding hydrogens is 429 g/mol. The van der Waals surface area contributed by atoms with E-state index >= 15 is 0 Å². The molecule has 0 aliphatic rings. The molecule has 0 bridgehead atoms. The standard InChI is InChI=1S/C22H27F3N2O3S/c1-14(2)13-19(21(28)26-3)27-20(22(23,24)25)17-7-5-15(6-8-17)16-9-11-18(12-10-16)31(4,29)30/h5-12,14,19-20,27H,13H2,1-4H3,(H,26,28)/t19-,20?/m0/s1. The average molecular weight is 457 g/mol. The molecular formula is C22H27F3N2O3S. The lowest BCUT2D eigenvalue weighted by molar-refractivity contribution is -0.161. The molecule has 0 aliphatic heterocycles. The molecule has 170 valence electrons. The number of halogens is 3. The Balaban J connectivity index is 2.31. The lowest BCUT2D eigenvalue weighted by Gasteiger charge is -2.28. The Hall–Kier alpha value is -2.39. The van der Waals surface area contributed by atoms with Crippen LogP contribution in [0.25, 0.3) is 11.1 Å². The molecule has 9 heteroatoms. The summed E-state index contributed by atoms with van der Waals surface area (Å²) >= 11 is 0. The number of benzene rings is 2. The van der Waals surface area contributed by atoms with Crippen LogP contribution in [0.3, 0.4) is 0 Å². The molecule has 2 rings (SSSR count). The minimum atomic E-state index is -4.60. The molecule has 1 amide bonds. The Bertz CT molecular complexity index is 986. The minimum Gasteiger partial charge on any atom is -0.358 e. The van der Waals surface area contributed by atoms with Crippen LogP contribution in [0.1, 0.15) is 31.9 Å². The Labute approximate surface area is 181 Å². The van der Waals surface area contributed by atoms with Crippen molar-refractivity contribution in [2.75, 3.05) is 13.3 Å². The van der Waals surface area contributed by atoms with E-state index in [1.54, 1.807) is 24.3 Å². The van der Waals surface area contributed by atoms with Gasteiger partial charge in [0.2, 0.25) is 5.91 Å². The Kier molecular flexibility index (Phi) is 7.88. The summed E-state index contributed by atoms with van der Waals surface area (Å²) in [5.41, 5.74) is 1.31. The van der Waals surface area contributed by atoms with Crippen LogP contribution in [0.2, 0.25) is 0 Å². The van der Waals surface area contributed by atoms with Gasteiger partial charge in [-0.25, -0.2) is 8.42 Å². The predicted octanol–water partition coefficient (Wildman–Crippen LogP) is 4.11. The van der Waals surface area contributed by atoms with Gasteiger partial charge in [0.15, 0.2) is 9.84 Å². The van der Waals surface area contributed by atoms with E-state index in [1.807, 2.05) is 13.8 Å². The first kappa shape index (κ1) is 24.9. The summed E-state index contributed by atoms with van der Waals surface area (Å²) in [6, 6.07) is 8.95. The van der Waals surface area contributed by atoms with E-state index in [9.17, 15) is 26.4 Å². The number of rotatable bonds is 8. The fourth-order valence-corrected chi connectivity index (χ4v) is 3.87. The van der Waals surface area contributed by atoms with Crippen LogP contribution in [0, 0.1) is 5.92 Å². The average Bonchev–Trinajstić information content (AvgIpc) is 2.69. The van der Waals surface area contributed by atoms with Crippen molar-refractivity contribution < 1.29 is 26.4 Å². The SMILES string of the molecule is CNC(=O)[C@H](CC(C)C)NC(c1ccc(-c2ccc(S(C)(=O)=O)cc2)cc1)C(F)(F)F.